The lowest BCUT2D eigenvalue weighted by Gasteiger charge is -2.14. The molecule has 0 aliphatic carbocycles. The number of hydrogen-bond donors (Lipinski definition) is 0. The first-order chi connectivity index (χ1) is 26.2. The molecule has 0 N–H and O–H groups in total. The smallest absolute Gasteiger partial charge is 0.160 e. The highest BCUT2D eigenvalue weighted by Crippen LogP contribution is 2.40. The van der Waals surface area contributed by atoms with Crippen molar-refractivity contribution in [2.24, 2.45) is 0 Å². The van der Waals surface area contributed by atoms with Gasteiger partial charge in [0.15, 0.2) is 5.82 Å². The molecule has 0 spiro atoms. The van der Waals surface area contributed by atoms with E-state index in [1.165, 1.54) is 16.3 Å². The third kappa shape index (κ3) is 5.65. The fourth-order valence-corrected chi connectivity index (χ4v) is 7.53. The van der Waals surface area contributed by atoms with Crippen molar-refractivity contribution in [1.82, 2.24) is 9.97 Å². The van der Waals surface area contributed by atoms with Gasteiger partial charge >= 0.3 is 0 Å². The lowest BCUT2D eigenvalue weighted by molar-refractivity contribution is 0.669. The van der Waals surface area contributed by atoms with Crippen molar-refractivity contribution >= 4 is 32.7 Å². The largest absolute Gasteiger partial charge is 0.456 e. The summed E-state index contributed by atoms with van der Waals surface area (Å²) in [5, 5.41) is 4.66. The molecule has 2 heterocycles. The van der Waals surface area contributed by atoms with E-state index in [4.69, 9.17) is 14.4 Å². The molecule has 0 unspecified atom stereocenters. The van der Waals surface area contributed by atoms with E-state index in [-0.39, 0.29) is 0 Å². The van der Waals surface area contributed by atoms with Crippen LogP contribution in [0.3, 0.4) is 0 Å². The summed E-state index contributed by atoms with van der Waals surface area (Å²) in [7, 11) is 0. The highest BCUT2D eigenvalue weighted by Gasteiger charge is 2.17. The molecule has 0 radical (unpaired) electrons. The van der Waals surface area contributed by atoms with E-state index in [0.717, 1.165) is 77.8 Å². The van der Waals surface area contributed by atoms with E-state index < -0.39 is 0 Å². The maximum atomic E-state index is 6.32. The zero-order valence-electron chi connectivity index (χ0n) is 28.8. The predicted molar refractivity (Wildman–Crippen MR) is 219 cm³/mol. The molecule has 53 heavy (non-hydrogen) atoms. The Morgan fingerprint density at radius 1 is 0.321 bits per heavy atom. The van der Waals surface area contributed by atoms with E-state index in [1.807, 2.05) is 30.3 Å². The summed E-state index contributed by atoms with van der Waals surface area (Å²) >= 11 is 0. The van der Waals surface area contributed by atoms with E-state index in [9.17, 15) is 0 Å². The van der Waals surface area contributed by atoms with Crippen LogP contribution in [0.25, 0.3) is 100.0 Å². The number of aromatic nitrogens is 2. The Hall–Kier alpha value is -7.10. The third-order valence-corrected chi connectivity index (χ3v) is 10.1. The second-order valence-electron chi connectivity index (χ2n) is 13.4. The third-order valence-electron chi connectivity index (χ3n) is 10.1. The highest BCUT2D eigenvalue weighted by atomic mass is 16.3. The number of rotatable bonds is 6. The molecule has 8 aromatic carbocycles. The first-order valence-electron chi connectivity index (χ1n) is 17.9. The SMILES string of the molecule is c1ccc(-c2cc(-c3cc(-c4cccc(-c5cccc6ccccc56)c4)nc(-c4ccccc4)n3)cc(-c3cccc4oc5ccccc5c34)c2)cc1. The van der Waals surface area contributed by atoms with E-state index in [2.05, 4.69) is 164 Å². The molecule has 10 aromatic rings. The van der Waals surface area contributed by atoms with E-state index in [1.54, 1.807) is 0 Å². The van der Waals surface area contributed by atoms with Gasteiger partial charge < -0.3 is 4.42 Å². The molecule has 0 saturated carbocycles. The Bertz CT molecular complexity index is 2940. The van der Waals surface area contributed by atoms with Crippen LogP contribution in [0.5, 0.6) is 0 Å². The predicted octanol–water partition coefficient (Wildman–Crippen LogP) is 13.5. The molecule has 0 fully saturated rings. The molecule has 2 aromatic heterocycles. The van der Waals surface area contributed by atoms with Gasteiger partial charge in [0.2, 0.25) is 0 Å². The normalized spacial score (nSPS) is 11.4. The van der Waals surface area contributed by atoms with Crippen molar-refractivity contribution in [2.45, 2.75) is 0 Å². The molecule has 10 rings (SSSR count). The Kier molecular flexibility index (Phi) is 7.47. The average Bonchev–Trinajstić information content (AvgIpc) is 3.63. The van der Waals surface area contributed by atoms with Gasteiger partial charge in [0.1, 0.15) is 11.2 Å². The van der Waals surface area contributed by atoms with E-state index >= 15 is 0 Å². The van der Waals surface area contributed by atoms with Crippen molar-refractivity contribution in [3.05, 3.63) is 194 Å². The molecule has 0 aliphatic rings. The quantitative estimate of drug-likeness (QED) is 0.176. The fourth-order valence-electron chi connectivity index (χ4n) is 7.53. The lowest BCUT2D eigenvalue weighted by atomic mass is 9.92. The number of nitrogens with zero attached hydrogens (tertiary/aromatic N) is 2. The van der Waals surface area contributed by atoms with Crippen LogP contribution in [0.15, 0.2) is 199 Å². The number of benzene rings is 8. The Morgan fingerprint density at radius 3 is 1.72 bits per heavy atom. The summed E-state index contributed by atoms with van der Waals surface area (Å²) in [6.07, 6.45) is 0. The van der Waals surface area contributed by atoms with Gasteiger partial charge in [0, 0.05) is 27.5 Å². The summed E-state index contributed by atoms with van der Waals surface area (Å²) in [5.41, 5.74) is 13.3. The van der Waals surface area contributed by atoms with Crippen LogP contribution in [0.1, 0.15) is 0 Å². The van der Waals surface area contributed by atoms with Gasteiger partial charge in [0.05, 0.1) is 11.4 Å². The summed E-state index contributed by atoms with van der Waals surface area (Å²) < 4.78 is 6.32. The molecule has 0 amide bonds. The molecular formula is C50H32N2O. The van der Waals surface area contributed by atoms with Gasteiger partial charge in [-0.2, -0.15) is 0 Å². The first-order valence-corrected chi connectivity index (χ1v) is 17.9. The first kappa shape index (κ1) is 30.7. The Balaban J connectivity index is 1.19. The zero-order chi connectivity index (χ0) is 35.1. The maximum absolute atomic E-state index is 6.32. The second-order valence-corrected chi connectivity index (χ2v) is 13.4. The van der Waals surface area contributed by atoms with Crippen molar-refractivity contribution in [3.8, 4) is 67.3 Å². The van der Waals surface area contributed by atoms with Crippen molar-refractivity contribution in [3.63, 3.8) is 0 Å². The van der Waals surface area contributed by atoms with Crippen LogP contribution in [0.4, 0.5) is 0 Å². The van der Waals surface area contributed by atoms with Crippen molar-refractivity contribution in [1.29, 1.82) is 0 Å². The Labute approximate surface area is 307 Å². The van der Waals surface area contributed by atoms with Crippen LogP contribution in [-0.2, 0) is 0 Å². The van der Waals surface area contributed by atoms with Crippen LogP contribution in [0, 0.1) is 0 Å². The minimum atomic E-state index is 0.684. The number of furan rings is 1. The molecule has 0 atom stereocenters. The molecule has 3 heteroatoms. The molecule has 3 nitrogen and oxygen atoms in total. The molecule has 248 valence electrons. The van der Waals surface area contributed by atoms with Gasteiger partial charge in [0.25, 0.3) is 0 Å². The number of hydrogen-bond acceptors (Lipinski definition) is 3. The summed E-state index contributed by atoms with van der Waals surface area (Å²) in [4.78, 5) is 10.5. The van der Waals surface area contributed by atoms with Crippen LogP contribution in [-0.4, -0.2) is 9.97 Å². The minimum absolute atomic E-state index is 0.684. The van der Waals surface area contributed by atoms with Crippen LogP contribution < -0.4 is 0 Å². The zero-order valence-corrected chi connectivity index (χ0v) is 28.8. The lowest BCUT2D eigenvalue weighted by Crippen LogP contribution is -1.97. The minimum Gasteiger partial charge on any atom is -0.456 e. The van der Waals surface area contributed by atoms with Gasteiger partial charge in [-0.15, -0.1) is 0 Å². The average molecular weight is 677 g/mol. The summed E-state index contributed by atoms with van der Waals surface area (Å²) in [6.45, 7) is 0. The highest BCUT2D eigenvalue weighted by molar-refractivity contribution is 6.12. The van der Waals surface area contributed by atoms with Gasteiger partial charge in [-0.1, -0.05) is 152 Å². The Morgan fingerprint density at radius 2 is 0.868 bits per heavy atom. The van der Waals surface area contributed by atoms with Gasteiger partial charge in [-0.3, -0.25) is 0 Å². The number of para-hydroxylation sites is 1. The maximum Gasteiger partial charge on any atom is 0.160 e. The van der Waals surface area contributed by atoms with Gasteiger partial charge in [-0.05, 0) is 86.6 Å². The number of fused-ring (bicyclic) bond motifs is 4. The summed E-state index contributed by atoms with van der Waals surface area (Å²) in [6, 6.07) is 68.1. The van der Waals surface area contributed by atoms with Crippen LogP contribution >= 0.6 is 0 Å². The fraction of sp³-hybridized carbons (Fsp3) is 0. The van der Waals surface area contributed by atoms with Crippen LogP contribution in [0.2, 0.25) is 0 Å². The monoisotopic (exact) mass is 676 g/mol. The molecule has 0 bridgehead atoms. The molecule has 0 saturated heterocycles. The summed E-state index contributed by atoms with van der Waals surface area (Å²) in [5.74, 6) is 0.684. The van der Waals surface area contributed by atoms with Gasteiger partial charge in [-0.25, -0.2) is 9.97 Å². The van der Waals surface area contributed by atoms with E-state index in [0.29, 0.717) is 5.82 Å². The molecule has 0 aliphatic heterocycles. The van der Waals surface area contributed by atoms with Crippen molar-refractivity contribution < 1.29 is 4.42 Å². The second kappa shape index (κ2) is 12.9. The molecular weight excluding hydrogens is 645 g/mol. The topological polar surface area (TPSA) is 38.9 Å². The van der Waals surface area contributed by atoms with Crippen molar-refractivity contribution in [2.75, 3.05) is 0 Å². The standard InChI is InChI=1S/C50H32N2O/c1-3-14-33(15-4-1)38-29-39(43-25-13-27-48-49(43)44-23-9-10-26-47(44)53-48)31-40(30-38)46-32-45(51-50(52-46)35-17-5-2-6-18-35)37-21-11-20-36(28-37)42-24-12-19-34-16-7-8-22-41(34)42/h1-32H.